The van der Waals surface area contributed by atoms with Crippen LogP contribution in [0.1, 0.15) is 12.0 Å². The molecular formula is C12H18N2O4S. The Morgan fingerprint density at radius 3 is 2.79 bits per heavy atom. The molecule has 1 rings (SSSR count). The number of methoxy groups -OCH3 is 1. The van der Waals surface area contributed by atoms with E-state index in [9.17, 15) is 13.2 Å². The number of hydrogen-bond acceptors (Lipinski definition) is 4. The average molecular weight is 286 g/mol. The number of nitrogens with one attached hydrogen (secondary N) is 1. The lowest BCUT2D eigenvalue weighted by Gasteiger charge is -2.06. The predicted octanol–water partition coefficient (Wildman–Crippen LogP) is 0.0325. The number of nitrogens with two attached hydrogens (primary N) is 1. The van der Waals surface area contributed by atoms with E-state index in [1.54, 1.807) is 19.2 Å². The normalized spacial score (nSPS) is 11.1. The van der Waals surface area contributed by atoms with E-state index >= 15 is 0 Å². The van der Waals surface area contributed by atoms with Crippen molar-refractivity contribution in [2.45, 2.75) is 12.8 Å². The lowest BCUT2D eigenvalue weighted by molar-refractivity contribution is -0.120. The molecular weight excluding hydrogens is 268 g/mol. The largest absolute Gasteiger partial charge is 0.497 e. The van der Waals surface area contributed by atoms with Crippen LogP contribution in [0.5, 0.6) is 5.75 Å². The highest BCUT2D eigenvalue weighted by Crippen LogP contribution is 2.12. The predicted molar refractivity (Wildman–Crippen MR) is 72.3 cm³/mol. The number of hydrogen-bond donors (Lipinski definition) is 2. The van der Waals surface area contributed by atoms with Gasteiger partial charge in [-0.15, -0.1) is 0 Å². The zero-order valence-electron chi connectivity index (χ0n) is 10.8. The van der Waals surface area contributed by atoms with E-state index in [4.69, 9.17) is 9.88 Å². The summed E-state index contributed by atoms with van der Waals surface area (Å²) < 4.78 is 26.4. The summed E-state index contributed by atoms with van der Waals surface area (Å²) in [6.07, 6.45) is 0.537. The zero-order chi connectivity index (χ0) is 14.3. The SMILES string of the molecule is COc1cccc(CC(=O)NCCCS(N)(=O)=O)c1. The van der Waals surface area contributed by atoms with Crippen molar-refractivity contribution in [2.75, 3.05) is 19.4 Å². The van der Waals surface area contributed by atoms with E-state index in [-0.39, 0.29) is 18.1 Å². The van der Waals surface area contributed by atoms with Gasteiger partial charge in [0.2, 0.25) is 15.9 Å². The minimum Gasteiger partial charge on any atom is -0.497 e. The van der Waals surface area contributed by atoms with Gasteiger partial charge in [0, 0.05) is 6.54 Å². The van der Waals surface area contributed by atoms with E-state index in [1.165, 1.54) is 0 Å². The lowest BCUT2D eigenvalue weighted by Crippen LogP contribution is -2.28. The molecule has 0 atom stereocenters. The quantitative estimate of drug-likeness (QED) is 0.691. The monoisotopic (exact) mass is 286 g/mol. The highest BCUT2D eigenvalue weighted by atomic mass is 32.2. The summed E-state index contributed by atoms with van der Waals surface area (Å²) in [5.74, 6) is 0.397. The van der Waals surface area contributed by atoms with Gasteiger partial charge in [0.25, 0.3) is 0 Å². The molecule has 0 aliphatic carbocycles. The molecule has 0 aliphatic heterocycles. The Morgan fingerprint density at radius 1 is 1.42 bits per heavy atom. The van der Waals surface area contributed by atoms with Crippen LogP contribution >= 0.6 is 0 Å². The van der Waals surface area contributed by atoms with Crippen LogP contribution in [-0.2, 0) is 21.2 Å². The number of amides is 1. The van der Waals surface area contributed by atoms with Crippen molar-refractivity contribution in [1.29, 1.82) is 0 Å². The molecule has 19 heavy (non-hydrogen) atoms. The Kier molecular flexibility index (Phi) is 5.78. The van der Waals surface area contributed by atoms with Gasteiger partial charge < -0.3 is 10.1 Å². The molecule has 0 heterocycles. The fourth-order valence-electron chi connectivity index (χ4n) is 1.53. The number of primary sulfonamides is 1. The number of carbonyl (C=O) groups excluding carboxylic acids is 1. The van der Waals surface area contributed by atoms with Gasteiger partial charge in [0.1, 0.15) is 5.75 Å². The van der Waals surface area contributed by atoms with Crippen LogP contribution in [0.3, 0.4) is 0 Å². The first-order chi connectivity index (χ1) is 8.90. The molecule has 1 aromatic carbocycles. The lowest BCUT2D eigenvalue weighted by atomic mass is 10.1. The third-order valence-electron chi connectivity index (χ3n) is 2.43. The van der Waals surface area contributed by atoms with Crippen molar-refractivity contribution < 1.29 is 17.9 Å². The molecule has 7 heteroatoms. The Morgan fingerprint density at radius 2 is 2.16 bits per heavy atom. The van der Waals surface area contributed by atoms with Gasteiger partial charge in [-0.3, -0.25) is 4.79 Å². The molecule has 1 amide bonds. The number of ether oxygens (including phenoxy) is 1. The van der Waals surface area contributed by atoms with Crippen LogP contribution in [0.15, 0.2) is 24.3 Å². The Hall–Kier alpha value is -1.60. The van der Waals surface area contributed by atoms with E-state index in [1.807, 2.05) is 12.1 Å². The molecule has 0 radical (unpaired) electrons. The fraction of sp³-hybridized carbons (Fsp3) is 0.417. The van der Waals surface area contributed by atoms with Crippen molar-refractivity contribution in [2.24, 2.45) is 5.14 Å². The molecule has 0 spiro atoms. The van der Waals surface area contributed by atoms with Gasteiger partial charge in [-0.2, -0.15) is 0 Å². The molecule has 0 saturated heterocycles. The van der Waals surface area contributed by atoms with Crippen LogP contribution in [0.2, 0.25) is 0 Å². The number of benzene rings is 1. The van der Waals surface area contributed by atoms with Gasteiger partial charge in [-0.05, 0) is 24.1 Å². The smallest absolute Gasteiger partial charge is 0.224 e. The topological polar surface area (TPSA) is 98.5 Å². The maximum Gasteiger partial charge on any atom is 0.224 e. The van der Waals surface area contributed by atoms with Crippen LogP contribution in [0, 0.1) is 0 Å². The zero-order valence-corrected chi connectivity index (χ0v) is 11.6. The highest BCUT2D eigenvalue weighted by molar-refractivity contribution is 7.89. The molecule has 106 valence electrons. The Labute approximate surface area is 113 Å². The molecule has 0 unspecified atom stereocenters. The maximum atomic E-state index is 11.6. The molecule has 0 bridgehead atoms. The van der Waals surface area contributed by atoms with Gasteiger partial charge >= 0.3 is 0 Å². The fourth-order valence-corrected chi connectivity index (χ4v) is 2.08. The van der Waals surface area contributed by atoms with Crippen molar-refractivity contribution in [3.63, 3.8) is 0 Å². The van der Waals surface area contributed by atoms with Crippen molar-refractivity contribution in [1.82, 2.24) is 5.32 Å². The molecule has 0 aromatic heterocycles. The minimum absolute atomic E-state index is 0.133. The molecule has 6 nitrogen and oxygen atoms in total. The van der Waals surface area contributed by atoms with Gasteiger partial charge in [0.05, 0.1) is 19.3 Å². The third kappa shape index (κ3) is 6.78. The van der Waals surface area contributed by atoms with Gasteiger partial charge in [-0.25, -0.2) is 13.6 Å². The summed E-state index contributed by atoms with van der Waals surface area (Å²) >= 11 is 0. The van der Waals surface area contributed by atoms with E-state index < -0.39 is 10.0 Å². The number of carbonyl (C=O) groups is 1. The summed E-state index contributed by atoms with van der Waals surface area (Å²) in [6, 6.07) is 7.21. The summed E-state index contributed by atoms with van der Waals surface area (Å²) in [4.78, 5) is 11.6. The van der Waals surface area contributed by atoms with Crippen molar-refractivity contribution in [3.8, 4) is 5.75 Å². The number of rotatable bonds is 7. The maximum absolute atomic E-state index is 11.6. The first kappa shape index (κ1) is 15.5. The van der Waals surface area contributed by atoms with Crippen LogP contribution in [-0.4, -0.2) is 33.7 Å². The molecule has 0 fully saturated rings. The molecule has 1 aromatic rings. The highest BCUT2D eigenvalue weighted by Gasteiger charge is 2.05. The van der Waals surface area contributed by atoms with E-state index in [0.29, 0.717) is 18.7 Å². The average Bonchev–Trinajstić information content (AvgIpc) is 2.34. The second-order valence-electron chi connectivity index (χ2n) is 4.10. The second-order valence-corrected chi connectivity index (χ2v) is 5.83. The number of sulfonamides is 1. The summed E-state index contributed by atoms with van der Waals surface area (Å²) in [5.41, 5.74) is 0.836. The summed E-state index contributed by atoms with van der Waals surface area (Å²) in [5, 5.41) is 7.49. The van der Waals surface area contributed by atoms with Gasteiger partial charge in [-0.1, -0.05) is 12.1 Å². The summed E-state index contributed by atoms with van der Waals surface area (Å²) in [6.45, 7) is 0.291. The van der Waals surface area contributed by atoms with Crippen molar-refractivity contribution >= 4 is 15.9 Å². The third-order valence-corrected chi connectivity index (χ3v) is 3.28. The summed E-state index contributed by atoms with van der Waals surface area (Å²) in [7, 11) is -1.90. The Bertz CT molecular complexity index is 528. The first-order valence-electron chi connectivity index (χ1n) is 5.81. The van der Waals surface area contributed by atoms with Crippen molar-refractivity contribution in [3.05, 3.63) is 29.8 Å². The van der Waals surface area contributed by atoms with Crippen LogP contribution in [0.25, 0.3) is 0 Å². The molecule has 3 N–H and O–H groups in total. The van der Waals surface area contributed by atoms with E-state index in [2.05, 4.69) is 5.32 Å². The second kappa shape index (κ2) is 7.10. The van der Waals surface area contributed by atoms with E-state index in [0.717, 1.165) is 5.56 Å². The minimum atomic E-state index is -3.46. The first-order valence-corrected chi connectivity index (χ1v) is 7.52. The van der Waals surface area contributed by atoms with Crippen LogP contribution in [0.4, 0.5) is 0 Å². The van der Waals surface area contributed by atoms with Crippen LogP contribution < -0.4 is 15.2 Å². The van der Waals surface area contributed by atoms with Gasteiger partial charge in [0.15, 0.2) is 0 Å². The Balaban J connectivity index is 2.34. The molecule has 0 aliphatic rings. The molecule has 0 saturated carbocycles. The standard InChI is InChI=1S/C12H18N2O4S/c1-18-11-5-2-4-10(8-11)9-12(15)14-6-3-7-19(13,16)17/h2,4-5,8H,3,6-7,9H2,1H3,(H,14,15)(H2,13,16,17).